The number of aromatic amines is 1. The van der Waals surface area contributed by atoms with Crippen LogP contribution < -0.4 is 11.1 Å². The molecule has 0 fully saturated rings. The number of aromatic nitrogens is 4. The number of H-pyrrole nitrogens is 1. The van der Waals surface area contributed by atoms with Gasteiger partial charge < -0.3 is 11.1 Å². The van der Waals surface area contributed by atoms with E-state index in [1.807, 2.05) is 13.8 Å². The Labute approximate surface area is 108 Å². The molecule has 0 aromatic carbocycles. The molecular weight excluding hydrogens is 256 g/mol. The van der Waals surface area contributed by atoms with Gasteiger partial charge in [0, 0.05) is 0 Å². The van der Waals surface area contributed by atoms with E-state index in [0.29, 0.717) is 16.9 Å². The van der Waals surface area contributed by atoms with Gasteiger partial charge in [0.25, 0.3) is 0 Å². The number of nitrogens with zero attached hydrogens (tertiary/aromatic N) is 3. The minimum Gasteiger partial charge on any atom is -0.368 e. The fraction of sp³-hybridized carbons (Fsp3) is 0.400. The molecule has 0 spiro atoms. The third kappa shape index (κ3) is 2.35. The Morgan fingerprint density at radius 3 is 2.83 bits per heavy atom. The largest absolute Gasteiger partial charge is 0.368 e. The summed E-state index contributed by atoms with van der Waals surface area (Å²) < 4.78 is 0. The minimum absolute atomic E-state index is 0.0261. The monoisotopic (exact) mass is 268 g/mol. The molecule has 0 radical (unpaired) electrons. The Hall–Kier alpha value is -1.89. The van der Waals surface area contributed by atoms with Gasteiger partial charge in [-0.25, -0.2) is 0 Å². The molecule has 18 heavy (non-hydrogen) atoms. The van der Waals surface area contributed by atoms with E-state index in [9.17, 15) is 4.79 Å². The van der Waals surface area contributed by atoms with Crippen LogP contribution in [0, 0.1) is 5.92 Å². The lowest BCUT2D eigenvalue weighted by atomic mass is 10.0. The molecule has 0 aliphatic rings. The maximum atomic E-state index is 11.4. The smallest absolute Gasteiger partial charge is 0.240 e. The number of halogens is 1. The van der Waals surface area contributed by atoms with Gasteiger partial charge >= 0.3 is 0 Å². The number of carbonyl (C=O) groups is 1. The van der Waals surface area contributed by atoms with E-state index in [2.05, 4.69) is 25.5 Å². The highest BCUT2D eigenvalue weighted by atomic mass is 35.5. The first kappa shape index (κ1) is 12.6. The topological polar surface area (TPSA) is 110 Å². The zero-order chi connectivity index (χ0) is 13.3. The normalized spacial score (nSPS) is 12.9. The lowest BCUT2D eigenvalue weighted by Crippen LogP contribution is -2.39. The van der Waals surface area contributed by atoms with E-state index in [0.717, 1.165) is 0 Å². The zero-order valence-corrected chi connectivity index (χ0v) is 10.7. The molecule has 0 saturated heterocycles. The van der Waals surface area contributed by atoms with Gasteiger partial charge in [0.05, 0.1) is 11.6 Å². The second-order valence-electron chi connectivity index (χ2n) is 4.24. The molecular formula is C10H13ClN6O. The molecule has 2 aromatic heterocycles. The number of hydrogen-bond acceptors (Lipinski definition) is 5. The van der Waals surface area contributed by atoms with Crippen LogP contribution in [0.15, 0.2) is 6.20 Å². The third-order valence-corrected chi connectivity index (χ3v) is 2.72. The molecule has 4 N–H and O–H groups in total. The number of primary amides is 1. The van der Waals surface area contributed by atoms with E-state index in [4.69, 9.17) is 17.3 Å². The number of nitrogens with two attached hydrogens (primary N) is 1. The van der Waals surface area contributed by atoms with Gasteiger partial charge in [-0.3, -0.25) is 9.89 Å². The molecule has 0 aliphatic carbocycles. The zero-order valence-electron chi connectivity index (χ0n) is 9.94. The van der Waals surface area contributed by atoms with E-state index in [-0.39, 0.29) is 11.2 Å². The minimum atomic E-state index is -0.533. The fourth-order valence-electron chi connectivity index (χ4n) is 1.63. The molecule has 1 unspecified atom stereocenters. The van der Waals surface area contributed by atoms with Crippen molar-refractivity contribution in [1.82, 2.24) is 20.2 Å². The summed E-state index contributed by atoms with van der Waals surface area (Å²) in [6.45, 7) is 3.77. The number of rotatable bonds is 4. The summed E-state index contributed by atoms with van der Waals surface area (Å²) in [4.78, 5) is 19.4. The number of carbonyl (C=O) groups excluding carboxylic acids is 1. The first-order chi connectivity index (χ1) is 8.49. The van der Waals surface area contributed by atoms with Crippen LogP contribution in [0.5, 0.6) is 0 Å². The summed E-state index contributed by atoms with van der Waals surface area (Å²) in [5.74, 6) is 0.0193. The summed E-state index contributed by atoms with van der Waals surface area (Å²) in [5, 5.41) is 10.3. The lowest BCUT2D eigenvalue weighted by Gasteiger charge is -2.19. The Kier molecular flexibility index (Phi) is 3.33. The van der Waals surface area contributed by atoms with Gasteiger partial charge in [-0.05, 0) is 17.5 Å². The van der Waals surface area contributed by atoms with Crippen LogP contribution in [-0.2, 0) is 4.79 Å². The molecule has 0 saturated carbocycles. The van der Waals surface area contributed by atoms with Gasteiger partial charge in [0.15, 0.2) is 5.65 Å². The van der Waals surface area contributed by atoms with Crippen molar-refractivity contribution >= 4 is 34.4 Å². The maximum Gasteiger partial charge on any atom is 0.240 e. The molecule has 0 bridgehead atoms. The summed E-state index contributed by atoms with van der Waals surface area (Å²) in [6.07, 6.45) is 1.56. The van der Waals surface area contributed by atoms with Crippen LogP contribution >= 0.6 is 11.6 Å². The summed E-state index contributed by atoms with van der Waals surface area (Å²) >= 11 is 5.80. The SMILES string of the molecule is CC(C)C(Nc1nc(Cl)nc2[nH]ncc12)C(N)=O. The predicted octanol–water partition coefficient (Wildman–Crippen LogP) is 0.928. The molecule has 0 aliphatic heterocycles. The first-order valence-electron chi connectivity index (χ1n) is 5.41. The van der Waals surface area contributed by atoms with E-state index in [1.165, 1.54) is 0 Å². The lowest BCUT2D eigenvalue weighted by molar-refractivity contribution is -0.119. The van der Waals surface area contributed by atoms with Crippen LogP contribution in [-0.4, -0.2) is 32.1 Å². The number of amides is 1. The van der Waals surface area contributed by atoms with Crippen molar-refractivity contribution < 1.29 is 4.79 Å². The average molecular weight is 269 g/mol. The Morgan fingerprint density at radius 1 is 1.50 bits per heavy atom. The van der Waals surface area contributed by atoms with Gasteiger partial charge in [0.1, 0.15) is 11.9 Å². The molecule has 8 heteroatoms. The maximum absolute atomic E-state index is 11.4. The number of fused-ring (bicyclic) bond motifs is 1. The third-order valence-electron chi connectivity index (χ3n) is 2.55. The van der Waals surface area contributed by atoms with Crippen molar-refractivity contribution in [2.45, 2.75) is 19.9 Å². The Balaban J connectivity index is 2.41. The molecule has 1 atom stereocenters. The van der Waals surface area contributed by atoms with E-state index >= 15 is 0 Å². The fourth-order valence-corrected chi connectivity index (χ4v) is 1.80. The molecule has 2 rings (SSSR count). The van der Waals surface area contributed by atoms with Crippen LogP contribution in [0.2, 0.25) is 5.28 Å². The average Bonchev–Trinajstić information content (AvgIpc) is 2.72. The quantitative estimate of drug-likeness (QED) is 0.715. The van der Waals surface area contributed by atoms with Crippen molar-refractivity contribution in [3.63, 3.8) is 0 Å². The van der Waals surface area contributed by atoms with Crippen molar-refractivity contribution in [2.75, 3.05) is 5.32 Å². The van der Waals surface area contributed by atoms with Crippen molar-refractivity contribution in [2.24, 2.45) is 11.7 Å². The van der Waals surface area contributed by atoms with E-state index in [1.54, 1.807) is 6.20 Å². The Bertz CT molecular complexity index is 581. The molecule has 1 amide bonds. The molecule has 2 aromatic rings. The van der Waals surface area contributed by atoms with Gasteiger partial charge in [-0.15, -0.1) is 0 Å². The highest BCUT2D eigenvalue weighted by Gasteiger charge is 2.21. The first-order valence-corrected chi connectivity index (χ1v) is 5.79. The van der Waals surface area contributed by atoms with Crippen molar-refractivity contribution in [3.8, 4) is 0 Å². The van der Waals surface area contributed by atoms with Crippen molar-refractivity contribution in [3.05, 3.63) is 11.5 Å². The summed E-state index contributed by atoms with van der Waals surface area (Å²) in [5.41, 5.74) is 5.85. The summed E-state index contributed by atoms with van der Waals surface area (Å²) in [7, 11) is 0. The van der Waals surface area contributed by atoms with Gasteiger partial charge in [-0.1, -0.05) is 13.8 Å². The highest BCUT2D eigenvalue weighted by molar-refractivity contribution is 6.28. The summed E-state index contributed by atoms with van der Waals surface area (Å²) in [6, 6.07) is -0.533. The molecule has 7 nitrogen and oxygen atoms in total. The Morgan fingerprint density at radius 2 is 2.22 bits per heavy atom. The molecule has 2 heterocycles. The second-order valence-corrected chi connectivity index (χ2v) is 4.58. The standard InChI is InChI=1S/C10H13ClN6O/c1-4(2)6(7(12)18)14-8-5-3-13-17-9(5)16-10(11)15-8/h3-4,6H,1-2H3,(H2,12,18)(H2,13,14,15,16,17). The van der Waals surface area contributed by atoms with E-state index < -0.39 is 11.9 Å². The van der Waals surface area contributed by atoms with Crippen molar-refractivity contribution in [1.29, 1.82) is 0 Å². The highest BCUT2D eigenvalue weighted by Crippen LogP contribution is 2.21. The number of nitrogens with one attached hydrogen (secondary N) is 2. The van der Waals surface area contributed by atoms with Crippen LogP contribution in [0.25, 0.3) is 11.0 Å². The van der Waals surface area contributed by atoms with Crippen LogP contribution in [0.4, 0.5) is 5.82 Å². The van der Waals surface area contributed by atoms with Gasteiger partial charge in [0.2, 0.25) is 11.2 Å². The van der Waals surface area contributed by atoms with Crippen LogP contribution in [0.1, 0.15) is 13.8 Å². The molecule has 96 valence electrons. The predicted molar refractivity (Wildman–Crippen MR) is 68.1 cm³/mol. The number of hydrogen-bond donors (Lipinski definition) is 3. The van der Waals surface area contributed by atoms with Gasteiger partial charge in [-0.2, -0.15) is 15.1 Å². The van der Waals surface area contributed by atoms with Crippen LogP contribution in [0.3, 0.4) is 0 Å². The number of anilines is 1. The second kappa shape index (κ2) is 4.77.